The minimum absolute atomic E-state index is 0.193. The highest BCUT2D eigenvalue weighted by Gasteiger charge is 2.26. The number of hydrogen-bond donors (Lipinski definition) is 0. The molecule has 0 atom stereocenters. The summed E-state index contributed by atoms with van der Waals surface area (Å²) in [6, 6.07) is 12.9. The third kappa shape index (κ3) is 2.61. The molecule has 2 aliphatic heterocycles. The molecule has 2 aromatic carbocycles. The zero-order chi connectivity index (χ0) is 15.8. The van der Waals surface area contributed by atoms with Gasteiger partial charge in [0.15, 0.2) is 17.2 Å². The Bertz CT molecular complexity index is 873. The molecule has 4 rings (SSSR count). The summed E-state index contributed by atoms with van der Waals surface area (Å²) in [7, 11) is 0. The van der Waals surface area contributed by atoms with E-state index in [1.165, 1.54) is 0 Å². The van der Waals surface area contributed by atoms with Gasteiger partial charge in [0.25, 0.3) is 0 Å². The molecule has 0 bridgehead atoms. The molecule has 2 aromatic rings. The average Bonchev–Trinajstić information content (AvgIpc) is 3.16. The molecule has 0 aromatic heterocycles. The van der Waals surface area contributed by atoms with Crippen LogP contribution in [0.2, 0.25) is 0 Å². The van der Waals surface area contributed by atoms with Gasteiger partial charge in [-0.25, -0.2) is 9.79 Å². The minimum atomic E-state index is -0.478. The summed E-state index contributed by atoms with van der Waals surface area (Å²) in [5, 5.41) is 0. The van der Waals surface area contributed by atoms with Gasteiger partial charge in [-0.1, -0.05) is 34.1 Å². The summed E-state index contributed by atoms with van der Waals surface area (Å²) in [4.78, 5) is 16.3. The number of aliphatic imine (C=N–C) groups is 1. The number of cyclic esters (lactones) is 1. The van der Waals surface area contributed by atoms with Crippen molar-refractivity contribution in [2.24, 2.45) is 4.99 Å². The molecule has 0 saturated heterocycles. The highest BCUT2D eigenvalue weighted by Crippen LogP contribution is 2.33. The molecule has 6 heteroatoms. The van der Waals surface area contributed by atoms with E-state index in [-0.39, 0.29) is 18.4 Å². The molecule has 0 radical (unpaired) electrons. The Hall–Kier alpha value is -2.60. The van der Waals surface area contributed by atoms with Crippen molar-refractivity contribution in [3.8, 4) is 11.5 Å². The molecule has 2 aliphatic rings. The molecule has 5 nitrogen and oxygen atoms in total. The van der Waals surface area contributed by atoms with Crippen LogP contribution in [0, 0.1) is 0 Å². The van der Waals surface area contributed by atoms with Crippen molar-refractivity contribution in [3.05, 3.63) is 63.8 Å². The number of nitrogens with zero attached hydrogens (tertiary/aromatic N) is 1. The van der Waals surface area contributed by atoms with Crippen molar-refractivity contribution in [1.82, 2.24) is 0 Å². The van der Waals surface area contributed by atoms with Crippen LogP contribution in [0.3, 0.4) is 0 Å². The summed E-state index contributed by atoms with van der Waals surface area (Å²) in [6.45, 7) is 0.193. The number of esters is 1. The molecule has 2 heterocycles. The molecule has 0 N–H and O–H groups in total. The fraction of sp³-hybridized carbons (Fsp3) is 0.0588. The minimum Gasteiger partial charge on any atom is -0.454 e. The number of carbonyl (C=O) groups excluding carboxylic acids is 1. The normalized spacial score (nSPS) is 17.3. The molecule has 0 saturated carbocycles. The van der Waals surface area contributed by atoms with Crippen molar-refractivity contribution < 1.29 is 19.0 Å². The summed E-state index contributed by atoms with van der Waals surface area (Å²) in [5.41, 5.74) is 1.78. The molecular weight excluding hydrogens is 362 g/mol. The lowest BCUT2D eigenvalue weighted by atomic mass is 10.2. The van der Waals surface area contributed by atoms with Gasteiger partial charge in [-0.2, -0.15) is 0 Å². The Labute approximate surface area is 140 Å². The maximum atomic E-state index is 12.0. The van der Waals surface area contributed by atoms with Crippen molar-refractivity contribution in [1.29, 1.82) is 0 Å². The second-order valence-electron chi connectivity index (χ2n) is 4.93. The lowest BCUT2D eigenvalue weighted by molar-refractivity contribution is -0.129. The topological polar surface area (TPSA) is 57.1 Å². The Morgan fingerprint density at radius 3 is 2.78 bits per heavy atom. The highest BCUT2D eigenvalue weighted by molar-refractivity contribution is 9.10. The maximum Gasteiger partial charge on any atom is 0.363 e. The Kier molecular flexibility index (Phi) is 3.38. The van der Waals surface area contributed by atoms with Gasteiger partial charge < -0.3 is 14.2 Å². The van der Waals surface area contributed by atoms with Gasteiger partial charge in [-0.05, 0) is 35.9 Å². The van der Waals surface area contributed by atoms with Gasteiger partial charge in [0, 0.05) is 10.0 Å². The van der Waals surface area contributed by atoms with Gasteiger partial charge in [0.2, 0.25) is 12.7 Å². The van der Waals surface area contributed by atoms with Crippen LogP contribution >= 0.6 is 15.9 Å². The Morgan fingerprint density at radius 2 is 1.91 bits per heavy atom. The van der Waals surface area contributed by atoms with Gasteiger partial charge in [0.1, 0.15) is 0 Å². The monoisotopic (exact) mass is 371 g/mol. The Morgan fingerprint density at radius 1 is 1.09 bits per heavy atom. The van der Waals surface area contributed by atoms with Crippen molar-refractivity contribution in [2.75, 3.05) is 6.79 Å². The van der Waals surface area contributed by atoms with Crippen LogP contribution in [0.15, 0.2) is 57.6 Å². The molecule has 0 fully saturated rings. The number of hydrogen-bond acceptors (Lipinski definition) is 5. The van der Waals surface area contributed by atoms with E-state index in [0.29, 0.717) is 17.1 Å². The standard InChI is InChI=1S/C17H10BrNO4/c18-12-4-2-1-3-10(12)7-13-17(20)23-16(19-13)11-5-6-14-15(8-11)22-9-21-14/h1-8H,9H2/b13-7-. The Balaban J connectivity index is 1.69. The molecule has 0 amide bonds. The van der Waals surface area contributed by atoms with Crippen LogP contribution in [0.25, 0.3) is 6.08 Å². The maximum absolute atomic E-state index is 12.0. The van der Waals surface area contributed by atoms with E-state index in [0.717, 1.165) is 10.0 Å². The van der Waals surface area contributed by atoms with Crippen LogP contribution in [0.5, 0.6) is 11.5 Å². The predicted molar refractivity (Wildman–Crippen MR) is 87.3 cm³/mol. The van der Waals surface area contributed by atoms with E-state index in [9.17, 15) is 4.79 Å². The van der Waals surface area contributed by atoms with E-state index in [4.69, 9.17) is 14.2 Å². The SMILES string of the molecule is O=C1OC(c2ccc3c(c2)OCO3)=N/C1=C\c1ccccc1Br. The van der Waals surface area contributed by atoms with Gasteiger partial charge in [0.05, 0.1) is 0 Å². The largest absolute Gasteiger partial charge is 0.454 e. The molecule has 114 valence electrons. The summed E-state index contributed by atoms with van der Waals surface area (Å²) < 4.78 is 16.7. The van der Waals surface area contributed by atoms with Crippen molar-refractivity contribution in [2.45, 2.75) is 0 Å². The lowest BCUT2D eigenvalue weighted by Gasteiger charge is -2.01. The fourth-order valence-electron chi connectivity index (χ4n) is 2.30. The van der Waals surface area contributed by atoms with Crippen LogP contribution in [-0.2, 0) is 9.53 Å². The average molecular weight is 372 g/mol. The molecule has 0 spiro atoms. The van der Waals surface area contributed by atoms with E-state index in [1.54, 1.807) is 24.3 Å². The number of ether oxygens (including phenoxy) is 3. The van der Waals surface area contributed by atoms with E-state index < -0.39 is 5.97 Å². The van der Waals surface area contributed by atoms with Gasteiger partial charge >= 0.3 is 5.97 Å². The summed E-state index contributed by atoms with van der Waals surface area (Å²) >= 11 is 3.44. The number of carbonyl (C=O) groups is 1. The second-order valence-corrected chi connectivity index (χ2v) is 5.78. The van der Waals surface area contributed by atoms with E-state index in [1.807, 2.05) is 24.3 Å². The summed E-state index contributed by atoms with van der Waals surface area (Å²) in [5.74, 6) is 1.06. The quantitative estimate of drug-likeness (QED) is 0.598. The second kappa shape index (κ2) is 5.55. The number of halogens is 1. The first kappa shape index (κ1) is 14.0. The van der Waals surface area contributed by atoms with E-state index >= 15 is 0 Å². The fourth-order valence-corrected chi connectivity index (χ4v) is 2.70. The molecular formula is C17H10BrNO4. The van der Waals surface area contributed by atoms with Crippen LogP contribution in [-0.4, -0.2) is 18.7 Å². The van der Waals surface area contributed by atoms with Crippen molar-refractivity contribution >= 4 is 33.9 Å². The predicted octanol–water partition coefficient (Wildman–Crippen LogP) is 3.52. The lowest BCUT2D eigenvalue weighted by Crippen LogP contribution is -2.05. The zero-order valence-corrected chi connectivity index (χ0v) is 13.4. The summed E-state index contributed by atoms with van der Waals surface area (Å²) in [6.07, 6.45) is 1.69. The first-order chi connectivity index (χ1) is 11.2. The third-order valence-electron chi connectivity index (χ3n) is 3.44. The first-order valence-electron chi connectivity index (χ1n) is 6.88. The number of fused-ring (bicyclic) bond motifs is 1. The van der Waals surface area contributed by atoms with Crippen molar-refractivity contribution in [3.63, 3.8) is 0 Å². The van der Waals surface area contributed by atoms with Gasteiger partial charge in [-0.3, -0.25) is 0 Å². The van der Waals surface area contributed by atoms with Crippen LogP contribution < -0.4 is 9.47 Å². The van der Waals surface area contributed by atoms with E-state index in [2.05, 4.69) is 20.9 Å². The number of rotatable bonds is 2. The zero-order valence-electron chi connectivity index (χ0n) is 11.8. The van der Waals surface area contributed by atoms with Crippen LogP contribution in [0.4, 0.5) is 0 Å². The number of benzene rings is 2. The molecule has 0 unspecified atom stereocenters. The van der Waals surface area contributed by atoms with Crippen LogP contribution in [0.1, 0.15) is 11.1 Å². The smallest absolute Gasteiger partial charge is 0.363 e. The third-order valence-corrected chi connectivity index (χ3v) is 4.16. The molecule has 0 aliphatic carbocycles. The first-order valence-corrected chi connectivity index (χ1v) is 7.67. The van der Waals surface area contributed by atoms with Gasteiger partial charge in [-0.15, -0.1) is 0 Å². The molecule has 23 heavy (non-hydrogen) atoms. The highest BCUT2D eigenvalue weighted by atomic mass is 79.9.